The van der Waals surface area contributed by atoms with Gasteiger partial charge in [0.1, 0.15) is 40.9 Å². The Hall–Kier alpha value is -4.70. The smallest absolute Gasteiger partial charge is 0.339 e. The molecule has 5 rings (SSSR count). The van der Waals surface area contributed by atoms with Gasteiger partial charge in [0.15, 0.2) is 0 Å². The van der Waals surface area contributed by atoms with Gasteiger partial charge < -0.3 is 23.8 Å². The number of nitrogens with one attached hydrogen (secondary N) is 1. The number of esters is 1. The van der Waals surface area contributed by atoms with E-state index in [0.717, 1.165) is 24.6 Å². The van der Waals surface area contributed by atoms with E-state index in [1.165, 1.54) is 32.5 Å². The van der Waals surface area contributed by atoms with Gasteiger partial charge in [0.25, 0.3) is 0 Å². The molecule has 1 aliphatic rings. The molecule has 1 fully saturated rings. The fourth-order valence-electron chi connectivity index (χ4n) is 4.36. The van der Waals surface area contributed by atoms with Crippen LogP contribution in [0.1, 0.15) is 16.1 Å². The molecular formula is C27H26F2N6O7S. The van der Waals surface area contributed by atoms with Gasteiger partial charge in [-0.15, -0.1) is 0 Å². The molecule has 1 aromatic carbocycles. The number of methoxy groups -OCH3 is 2. The van der Waals surface area contributed by atoms with Crippen LogP contribution in [0.5, 0.6) is 11.6 Å². The Kier molecular flexibility index (Phi) is 8.50. The van der Waals surface area contributed by atoms with Crippen molar-refractivity contribution >= 4 is 38.5 Å². The summed E-state index contributed by atoms with van der Waals surface area (Å²) in [5.74, 6) is -1.99. The number of rotatable bonds is 9. The molecule has 0 spiro atoms. The van der Waals surface area contributed by atoms with Crippen molar-refractivity contribution in [1.82, 2.24) is 19.9 Å². The molecule has 4 heterocycles. The lowest BCUT2D eigenvalue weighted by Gasteiger charge is -2.27. The van der Waals surface area contributed by atoms with Gasteiger partial charge in [0.2, 0.25) is 21.9 Å². The summed E-state index contributed by atoms with van der Waals surface area (Å²) in [6, 6.07) is 4.74. The van der Waals surface area contributed by atoms with Crippen LogP contribution in [0, 0.1) is 11.6 Å². The molecule has 1 N–H and O–H groups in total. The molecule has 43 heavy (non-hydrogen) atoms. The maximum absolute atomic E-state index is 15.0. The topological polar surface area (TPSA) is 155 Å². The molecule has 0 atom stereocenters. The summed E-state index contributed by atoms with van der Waals surface area (Å²) in [4.78, 5) is 31.1. The molecule has 0 unspecified atom stereocenters. The van der Waals surface area contributed by atoms with E-state index in [4.69, 9.17) is 19.2 Å². The molecule has 13 nitrogen and oxygen atoms in total. The highest BCUT2D eigenvalue weighted by atomic mass is 32.2. The van der Waals surface area contributed by atoms with Crippen molar-refractivity contribution in [3.63, 3.8) is 0 Å². The van der Waals surface area contributed by atoms with Crippen molar-refractivity contribution < 1.29 is 40.9 Å². The lowest BCUT2D eigenvalue weighted by molar-refractivity contribution is 0.0599. The van der Waals surface area contributed by atoms with E-state index >= 15 is 4.39 Å². The van der Waals surface area contributed by atoms with Crippen LogP contribution in [0.25, 0.3) is 22.2 Å². The molecule has 0 amide bonds. The monoisotopic (exact) mass is 616 g/mol. The van der Waals surface area contributed by atoms with Crippen LogP contribution in [0.2, 0.25) is 0 Å². The van der Waals surface area contributed by atoms with Gasteiger partial charge in [-0.2, -0.15) is 0 Å². The number of morpholine rings is 1. The number of nitrogens with zero attached hydrogens (tertiary/aromatic N) is 5. The zero-order valence-electron chi connectivity index (χ0n) is 23.3. The molecule has 0 bridgehead atoms. The molecular weight excluding hydrogens is 590 g/mol. The molecule has 1 aliphatic heterocycles. The summed E-state index contributed by atoms with van der Waals surface area (Å²) in [5.41, 5.74) is 0.597. The molecule has 0 saturated carbocycles. The molecule has 0 radical (unpaired) electrons. The maximum Gasteiger partial charge on any atom is 0.339 e. The minimum Gasteiger partial charge on any atom is -0.485 e. The highest BCUT2D eigenvalue weighted by Crippen LogP contribution is 2.37. The Morgan fingerprint density at radius 1 is 1.07 bits per heavy atom. The second-order valence-electron chi connectivity index (χ2n) is 9.36. The predicted octanol–water partition coefficient (Wildman–Crippen LogP) is 2.95. The first-order valence-corrected chi connectivity index (χ1v) is 14.7. The third-order valence-electron chi connectivity index (χ3n) is 6.33. The fraction of sp³-hybridized carbons (Fsp3) is 0.296. The van der Waals surface area contributed by atoms with Crippen molar-refractivity contribution in [1.29, 1.82) is 0 Å². The van der Waals surface area contributed by atoms with Gasteiger partial charge in [-0.1, -0.05) is 0 Å². The molecule has 16 heteroatoms. The average molecular weight is 617 g/mol. The largest absolute Gasteiger partial charge is 0.485 e. The van der Waals surface area contributed by atoms with Crippen molar-refractivity contribution in [2.75, 3.05) is 56.4 Å². The van der Waals surface area contributed by atoms with Crippen molar-refractivity contribution in [3.8, 4) is 22.9 Å². The average Bonchev–Trinajstić information content (AvgIpc) is 2.99. The van der Waals surface area contributed by atoms with Crippen molar-refractivity contribution in [3.05, 3.63) is 59.6 Å². The first kappa shape index (κ1) is 29.8. The normalized spacial score (nSPS) is 13.6. The van der Waals surface area contributed by atoms with Gasteiger partial charge in [-0.05, 0) is 18.2 Å². The van der Waals surface area contributed by atoms with E-state index < -0.39 is 34.2 Å². The predicted molar refractivity (Wildman–Crippen MR) is 151 cm³/mol. The van der Waals surface area contributed by atoms with E-state index in [1.807, 2.05) is 4.90 Å². The first-order valence-electron chi connectivity index (χ1n) is 12.8. The number of anilines is 2. The number of hydrogen-bond acceptors (Lipinski definition) is 12. The van der Waals surface area contributed by atoms with E-state index in [1.54, 1.807) is 0 Å². The van der Waals surface area contributed by atoms with Crippen molar-refractivity contribution in [2.24, 2.45) is 0 Å². The molecule has 1 saturated heterocycles. The van der Waals surface area contributed by atoms with Gasteiger partial charge in [0, 0.05) is 42.5 Å². The highest BCUT2D eigenvalue weighted by Gasteiger charge is 2.22. The van der Waals surface area contributed by atoms with Crippen LogP contribution < -0.4 is 19.1 Å². The number of hydrogen-bond donors (Lipinski definition) is 1. The second-order valence-corrected chi connectivity index (χ2v) is 11.1. The van der Waals surface area contributed by atoms with Crippen LogP contribution in [0.3, 0.4) is 0 Å². The highest BCUT2D eigenvalue weighted by molar-refractivity contribution is 7.92. The number of sulfonamides is 1. The zero-order valence-corrected chi connectivity index (χ0v) is 24.1. The van der Waals surface area contributed by atoms with Crippen LogP contribution >= 0.6 is 0 Å². The zero-order chi connectivity index (χ0) is 30.7. The Labute approximate surface area is 244 Å². The van der Waals surface area contributed by atoms with E-state index in [-0.39, 0.29) is 51.1 Å². The summed E-state index contributed by atoms with van der Waals surface area (Å²) in [6.07, 6.45) is 3.53. The van der Waals surface area contributed by atoms with Crippen LogP contribution in [-0.4, -0.2) is 81.1 Å². The molecule has 0 aliphatic carbocycles. The standard InChI is InChI=1S/C27H26F2N6O7S/c1-39-25-20(34-43(3,37)38)9-15(12-31-25)23-18-10-17(28)11-22(24(18)33-27(32-23)35-4-6-41-7-5-35)42-14-21-19(29)8-16(13-30-21)26(36)40-2/h8-13,34H,4-7,14H2,1-3H3. The number of aromatic nitrogens is 4. The first-order chi connectivity index (χ1) is 20.6. The SMILES string of the molecule is COC(=O)c1cnc(COc2cc(F)cc3c(-c4cnc(OC)c(NS(C)(=O)=O)c4)nc(N4CCOCC4)nc23)c(F)c1. The van der Waals surface area contributed by atoms with E-state index in [2.05, 4.69) is 24.4 Å². The summed E-state index contributed by atoms with van der Waals surface area (Å²) in [5, 5.41) is 0.221. The van der Waals surface area contributed by atoms with Crippen LogP contribution in [0.15, 0.2) is 36.7 Å². The minimum absolute atomic E-state index is 0.0175. The Morgan fingerprint density at radius 2 is 1.84 bits per heavy atom. The lowest BCUT2D eigenvalue weighted by Crippen LogP contribution is -2.37. The van der Waals surface area contributed by atoms with Gasteiger partial charge in [0.05, 0.1) is 44.9 Å². The quantitative estimate of drug-likeness (QED) is 0.275. The lowest BCUT2D eigenvalue weighted by atomic mass is 10.1. The number of benzene rings is 1. The van der Waals surface area contributed by atoms with Crippen molar-refractivity contribution in [2.45, 2.75) is 6.61 Å². The number of ether oxygens (including phenoxy) is 4. The van der Waals surface area contributed by atoms with Gasteiger partial charge >= 0.3 is 5.97 Å². The number of carbonyl (C=O) groups is 1. The molecule has 3 aromatic heterocycles. The maximum atomic E-state index is 15.0. The third kappa shape index (κ3) is 6.70. The second kappa shape index (κ2) is 12.3. The van der Waals surface area contributed by atoms with E-state index in [0.29, 0.717) is 31.9 Å². The summed E-state index contributed by atoms with van der Waals surface area (Å²) in [6.45, 7) is 1.41. The molecule has 226 valence electrons. The van der Waals surface area contributed by atoms with Gasteiger partial charge in [-0.25, -0.2) is 36.9 Å². The van der Waals surface area contributed by atoms with E-state index in [9.17, 15) is 17.6 Å². The third-order valence-corrected chi connectivity index (χ3v) is 6.92. The van der Waals surface area contributed by atoms with Crippen LogP contribution in [0.4, 0.5) is 20.4 Å². The van der Waals surface area contributed by atoms with Crippen LogP contribution in [-0.2, 0) is 26.1 Å². The number of halogens is 2. The number of fused-ring (bicyclic) bond motifs is 1. The number of carbonyl (C=O) groups excluding carboxylic acids is 1. The minimum atomic E-state index is -3.70. The van der Waals surface area contributed by atoms with Gasteiger partial charge in [-0.3, -0.25) is 9.71 Å². The summed E-state index contributed by atoms with van der Waals surface area (Å²) < 4.78 is 77.2. The number of pyridine rings is 2. The molecule has 4 aromatic rings. The Morgan fingerprint density at radius 3 is 2.51 bits per heavy atom. The Bertz CT molecular complexity index is 1800. The summed E-state index contributed by atoms with van der Waals surface area (Å²) >= 11 is 0. The fourth-order valence-corrected chi connectivity index (χ4v) is 4.90. The summed E-state index contributed by atoms with van der Waals surface area (Å²) in [7, 11) is -1.20. The Balaban J connectivity index is 1.62.